The van der Waals surface area contributed by atoms with Crippen LogP contribution in [0.25, 0.3) is 21.9 Å². The Morgan fingerprint density at radius 3 is 2.88 bits per heavy atom. The zero-order valence-electron chi connectivity index (χ0n) is 12.5. The summed E-state index contributed by atoms with van der Waals surface area (Å²) in [4.78, 5) is 4.24. The van der Waals surface area contributed by atoms with Crippen LogP contribution >= 0.6 is 11.6 Å². The van der Waals surface area contributed by atoms with Crippen molar-refractivity contribution in [2.24, 2.45) is 0 Å². The summed E-state index contributed by atoms with van der Waals surface area (Å²) in [6.07, 6.45) is -2.73. The molecule has 25 heavy (non-hydrogen) atoms. The number of fused-ring (bicyclic) bond motifs is 2. The van der Waals surface area contributed by atoms with Gasteiger partial charge in [0.2, 0.25) is 0 Å². The van der Waals surface area contributed by atoms with Crippen LogP contribution < -0.4 is 5.32 Å². The van der Waals surface area contributed by atoms with E-state index >= 15 is 0 Å². The number of pyridine rings is 1. The number of aromatic nitrogens is 5. The van der Waals surface area contributed by atoms with Gasteiger partial charge in [-0.2, -0.15) is 23.4 Å². The largest absolute Gasteiger partial charge is 0.408 e. The number of hydrogen-bond acceptors (Lipinski definition) is 4. The number of aromatic amines is 1. The van der Waals surface area contributed by atoms with E-state index in [1.807, 2.05) is 6.07 Å². The van der Waals surface area contributed by atoms with Gasteiger partial charge in [-0.15, -0.1) is 0 Å². The lowest BCUT2D eigenvalue weighted by atomic mass is 10.2. The smallest absolute Gasteiger partial charge is 0.337 e. The molecule has 1 aromatic carbocycles. The molecule has 4 aromatic rings. The molecule has 0 radical (unpaired) electrons. The number of nitrogens with one attached hydrogen (secondary N) is 2. The lowest BCUT2D eigenvalue weighted by Gasteiger charge is -2.08. The van der Waals surface area contributed by atoms with Crippen molar-refractivity contribution in [3.63, 3.8) is 0 Å². The van der Waals surface area contributed by atoms with Crippen LogP contribution in [0.1, 0.15) is 0 Å². The van der Waals surface area contributed by atoms with Gasteiger partial charge in [0.05, 0.1) is 11.0 Å². The Morgan fingerprint density at radius 1 is 1.24 bits per heavy atom. The summed E-state index contributed by atoms with van der Waals surface area (Å²) in [6, 6.07) is 8.41. The first-order valence-corrected chi connectivity index (χ1v) is 7.57. The third kappa shape index (κ3) is 2.98. The highest BCUT2D eigenvalue weighted by Gasteiger charge is 2.29. The standard InChI is InChI=1S/C15H10ClF3N6/c16-13-9-6-8(3-4-11(9)25(24-13)7-15(17,18)19)21-14-12-10(22-23-14)2-1-5-20-12/h1-6H,7H2,(H2,21,22,23). The van der Waals surface area contributed by atoms with Crippen LogP contribution in [0.3, 0.4) is 0 Å². The van der Waals surface area contributed by atoms with Gasteiger partial charge < -0.3 is 5.32 Å². The van der Waals surface area contributed by atoms with Gasteiger partial charge in [-0.05, 0) is 30.3 Å². The first-order valence-electron chi connectivity index (χ1n) is 7.20. The predicted octanol–water partition coefficient (Wildman–Crippen LogP) is 4.27. The minimum Gasteiger partial charge on any atom is -0.337 e. The summed E-state index contributed by atoms with van der Waals surface area (Å²) in [5.41, 5.74) is 2.33. The summed E-state index contributed by atoms with van der Waals surface area (Å²) >= 11 is 5.99. The average Bonchev–Trinajstić information content (AvgIpc) is 3.08. The minimum atomic E-state index is -4.38. The van der Waals surface area contributed by atoms with Crippen molar-refractivity contribution in [2.45, 2.75) is 12.7 Å². The van der Waals surface area contributed by atoms with Crippen molar-refractivity contribution < 1.29 is 13.2 Å². The highest BCUT2D eigenvalue weighted by molar-refractivity contribution is 6.34. The van der Waals surface area contributed by atoms with Crippen LogP contribution in [0.15, 0.2) is 36.5 Å². The molecule has 0 amide bonds. The summed E-state index contributed by atoms with van der Waals surface area (Å²) < 4.78 is 38.7. The summed E-state index contributed by atoms with van der Waals surface area (Å²) in [7, 11) is 0. The monoisotopic (exact) mass is 366 g/mol. The van der Waals surface area contributed by atoms with E-state index in [-0.39, 0.29) is 5.15 Å². The van der Waals surface area contributed by atoms with Crippen molar-refractivity contribution in [1.29, 1.82) is 0 Å². The number of alkyl halides is 3. The molecule has 4 rings (SSSR count). The Labute approximate surface area is 143 Å². The molecule has 0 aliphatic heterocycles. The lowest BCUT2D eigenvalue weighted by molar-refractivity contribution is -0.141. The molecule has 0 saturated carbocycles. The summed E-state index contributed by atoms with van der Waals surface area (Å²) in [5, 5.41) is 14.3. The first kappa shape index (κ1) is 15.7. The highest BCUT2D eigenvalue weighted by Crippen LogP contribution is 2.30. The molecule has 3 aromatic heterocycles. The maximum Gasteiger partial charge on any atom is 0.408 e. The van der Waals surface area contributed by atoms with Crippen LogP contribution in [0.4, 0.5) is 24.7 Å². The van der Waals surface area contributed by atoms with Gasteiger partial charge in [-0.25, -0.2) is 0 Å². The first-order chi connectivity index (χ1) is 11.9. The Balaban J connectivity index is 1.71. The molecular weight excluding hydrogens is 357 g/mol. The van der Waals surface area contributed by atoms with E-state index in [1.54, 1.807) is 24.4 Å². The zero-order valence-corrected chi connectivity index (χ0v) is 13.2. The average molecular weight is 367 g/mol. The maximum absolute atomic E-state index is 12.6. The fourth-order valence-electron chi connectivity index (χ4n) is 2.59. The number of H-pyrrole nitrogens is 1. The van der Waals surface area contributed by atoms with E-state index in [9.17, 15) is 13.2 Å². The van der Waals surface area contributed by atoms with Gasteiger partial charge in [0, 0.05) is 17.3 Å². The van der Waals surface area contributed by atoms with E-state index in [0.717, 1.165) is 10.2 Å². The SMILES string of the molecule is FC(F)(F)Cn1nc(Cl)c2cc(Nc3n[nH]c4cccnc34)ccc21. The third-order valence-electron chi connectivity index (χ3n) is 3.62. The molecule has 6 nitrogen and oxygen atoms in total. The van der Waals surface area contributed by atoms with E-state index in [4.69, 9.17) is 11.6 Å². The van der Waals surface area contributed by atoms with E-state index in [1.165, 1.54) is 6.07 Å². The Hall–Kier alpha value is -2.81. The number of benzene rings is 1. The molecule has 10 heteroatoms. The second kappa shape index (κ2) is 5.62. The van der Waals surface area contributed by atoms with Crippen LogP contribution in [0.5, 0.6) is 0 Å². The molecule has 0 unspecified atom stereocenters. The number of anilines is 2. The molecular formula is C15H10ClF3N6. The predicted molar refractivity (Wildman–Crippen MR) is 88.0 cm³/mol. The van der Waals surface area contributed by atoms with Crippen LogP contribution in [0.2, 0.25) is 5.15 Å². The maximum atomic E-state index is 12.6. The number of halogens is 4. The van der Waals surface area contributed by atoms with Gasteiger partial charge in [0.1, 0.15) is 12.1 Å². The fraction of sp³-hybridized carbons (Fsp3) is 0.133. The van der Waals surface area contributed by atoms with Gasteiger partial charge in [-0.1, -0.05) is 11.6 Å². The molecule has 2 N–H and O–H groups in total. The summed E-state index contributed by atoms with van der Waals surface area (Å²) in [5.74, 6) is 0.508. The van der Waals surface area contributed by atoms with E-state index < -0.39 is 12.7 Å². The third-order valence-corrected chi connectivity index (χ3v) is 3.90. The van der Waals surface area contributed by atoms with Crippen molar-refractivity contribution in [3.05, 3.63) is 41.7 Å². The van der Waals surface area contributed by atoms with Crippen molar-refractivity contribution in [3.8, 4) is 0 Å². The second-order valence-corrected chi connectivity index (χ2v) is 5.75. The van der Waals surface area contributed by atoms with Gasteiger partial charge in [0.15, 0.2) is 11.0 Å². The Kier molecular flexibility index (Phi) is 3.53. The molecule has 128 valence electrons. The fourth-order valence-corrected chi connectivity index (χ4v) is 2.83. The van der Waals surface area contributed by atoms with Crippen molar-refractivity contribution in [2.75, 3.05) is 5.32 Å². The van der Waals surface area contributed by atoms with Crippen molar-refractivity contribution in [1.82, 2.24) is 25.0 Å². The highest BCUT2D eigenvalue weighted by atomic mass is 35.5. The quantitative estimate of drug-likeness (QED) is 0.568. The number of hydrogen-bond donors (Lipinski definition) is 2. The van der Waals surface area contributed by atoms with Gasteiger partial charge in [0.25, 0.3) is 0 Å². The molecule has 0 aliphatic carbocycles. The van der Waals surface area contributed by atoms with Crippen LogP contribution in [0, 0.1) is 0 Å². The zero-order chi connectivity index (χ0) is 17.6. The topological polar surface area (TPSA) is 71.4 Å². The van der Waals surface area contributed by atoms with E-state index in [2.05, 4.69) is 25.6 Å². The molecule has 0 aliphatic rings. The van der Waals surface area contributed by atoms with Crippen molar-refractivity contribution >= 4 is 45.0 Å². The lowest BCUT2D eigenvalue weighted by Crippen LogP contribution is -2.18. The molecule has 0 fully saturated rings. The molecule has 0 spiro atoms. The molecule has 3 heterocycles. The Bertz CT molecular complexity index is 1070. The number of nitrogens with zero attached hydrogens (tertiary/aromatic N) is 4. The Morgan fingerprint density at radius 2 is 2.08 bits per heavy atom. The number of rotatable bonds is 3. The van der Waals surface area contributed by atoms with Gasteiger partial charge >= 0.3 is 6.18 Å². The molecule has 0 atom stereocenters. The normalized spacial score (nSPS) is 12.2. The minimum absolute atomic E-state index is 0.00732. The molecule has 0 saturated heterocycles. The van der Waals surface area contributed by atoms with E-state index in [0.29, 0.717) is 27.9 Å². The summed E-state index contributed by atoms with van der Waals surface area (Å²) in [6.45, 7) is -1.20. The van der Waals surface area contributed by atoms with Crippen LogP contribution in [-0.2, 0) is 6.54 Å². The second-order valence-electron chi connectivity index (χ2n) is 5.39. The molecule has 0 bridgehead atoms. The van der Waals surface area contributed by atoms with Crippen LogP contribution in [-0.4, -0.2) is 31.1 Å². The van der Waals surface area contributed by atoms with Gasteiger partial charge in [-0.3, -0.25) is 14.8 Å².